The van der Waals surface area contributed by atoms with Gasteiger partial charge in [0.15, 0.2) is 11.9 Å². The van der Waals surface area contributed by atoms with Crippen LogP contribution in [-0.4, -0.2) is 45.8 Å². The highest BCUT2D eigenvalue weighted by Gasteiger charge is 2.30. The monoisotopic (exact) mass is 408 g/mol. The van der Waals surface area contributed by atoms with Gasteiger partial charge in [-0.1, -0.05) is 0 Å². The van der Waals surface area contributed by atoms with Gasteiger partial charge in [-0.05, 0) is 32.9 Å². The van der Waals surface area contributed by atoms with E-state index in [1.165, 1.54) is 39.8 Å². The SMILES string of the molecule is CC(=O)OCc1nc(C(CN(C(C)=O)C(C)(C)C)OC(C)=O)ccc1OC(C)=O. The molecule has 1 unspecified atom stereocenters. The normalized spacial score (nSPS) is 12.0. The zero-order chi connectivity index (χ0) is 22.4. The molecule has 9 nitrogen and oxygen atoms in total. The first-order valence-corrected chi connectivity index (χ1v) is 9.08. The molecule has 0 N–H and O–H groups in total. The maximum atomic E-state index is 12.1. The molecular weight excluding hydrogens is 380 g/mol. The second-order valence-corrected chi connectivity index (χ2v) is 7.45. The van der Waals surface area contributed by atoms with Gasteiger partial charge in [-0.2, -0.15) is 0 Å². The van der Waals surface area contributed by atoms with Crippen LogP contribution in [0.15, 0.2) is 12.1 Å². The predicted octanol–water partition coefficient (Wildman–Crippen LogP) is 2.32. The molecule has 0 aromatic carbocycles. The van der Waals surface area contributed by atoms with Crippen LogP contribution >= 0.6 is 0 Å². The minimum atomic E-state index is -0.863. The molecule has 1 amide bonds. The summed E-state index contributed by atoms with van der Waals surface area (Å²) in [5, 5.41) is 0. The molecule has 0 fully saturated rings. The maximum absolute atomic E-state index is 12.1. The van der Waals surface area contributed by atoms with Gasteiger partial charge in [0.2, 0.25) is 5.91 Å². The van der Waals surface area contributed by atoms with E-state index in [2.05, 4.69) is 4.98 Å². The zero-order valence-electron chi connectivity index (χ0n) is 17.9. The zero-order valence-corrected chi connectivity index (χ0v) is 17.9. The second-order valence-electron chi connectivity index (χ2n) is 7.45. The maximum Gasteiger partial charge on any atom is 0.308 e. The Morgan fingerprint density at radius 1 is 1.00 bits per heavy atom. The molecule has 0 aliphatic heterocycles. The molecule has 0 saturated carbocycles. The molecule has 9 heteroatoms. The van der Waals surface area contributed by atoms with Crippen LogP contribution in [0.5, 0.6) is 5.75 Å². The number of hydrogen-bond donors (Lipinski definition) is 0. The first-order chi connectivity index (χ1) is 13.3. The molecule has 0 bridgehead atoms. The van der Waals surface area contributed by atoms with Gasteiger partial charge < -0.3 is 19.1 Å². The van der Waals surface area contributed by atoms with Crippen molar-refractivity contribution in [2.45, 2.75) is 66.7 Å². The quantitative estimate of drug-likeness (QED) is 0.632. The van der Waals surface area contributed by atoms with Gasteiger partial charge in [-0.3, -0.25) is 19.2 Å². The Bertz CT molecular complexity index is 784. The molecule has 1 rings (SSSR count). The van der Waals surface area contributed by atoms with E-state index in [0.717, 1.165) is 0 Å². The second kappa shape index (κ2) is 9.99. The lowest BCUT2D eigenvalue weighted by atomic mass is 10.0. The number of carbonyl (C=O) groups excluding carboxylic acids is 4. The Morgan fingerprint density at radius 3 is 2.07 bits per heavy atom. The van der Waals surface area contributed by atoms with Crippen LogP contribution in [0.4, 0.5) is 0 Å². The lowest BCUT2D eigenvalue weighted by Gasteiger charge is -2.37. The van der Waals surface area contributed by atoms with E-state index >= 15 is 0 Å². The first-order valence-electron chi connectivity index (χ1n) is 9.08. The number of aromatic nitrogens is 1. The van der Waals surface area contributed by atoms with Gasteiger partial charge in [0.1, 0.15) is 12.3 Å². The van der Waals surface area contributed by atoms with E-state index in [0.29, 0.717) is 5.69 Å². The number of hydrogen-bond acceptors (Lipinski definition) is 8. The molecule has 1 aromatic rings. The molecule has 0 aliphatic carbocycles. The summed E-state index contributed by atoms with van der Waals surface area (Å²) in [6, 6.07) is 3.01. The van der Waals surface area contributed by atoms with Crippen molar-refractivity contribution >= 4 is 23.8 Å². The fourth-order valence-corrected chi connectivity index (χ4v) is 2.64. The molecule has 0 aliphatic rings. The Kier molecular flexibility index (Phi) is 8.29. The molecule has 0 saturated heterocycles. The van der Waals surface area contributed by atoms with Crippen molar-refractivity contribution < 1.29 is 33.4 Å². The van der Waals surface area contributed by atoms with E-state index in [1.807, 2.05) is 20.8 Å². The van der Waals surface area contributed by atoms with Crippen LogP contribution in [0.25, 0.3) is 0 Å². The van der Waals surface area contributed by atoms with Crippen molar-refractivity contribution in [3.63, 3.8) is 0 Å². The number of amides is 1. The minimum Gasteiger partial charge on any atom is -0.459 e. The van der Waals surface area contributed by atoms with Gasteiger partial charge in [0, 0.05) is 33.2 Å². The van der Waals surface area contributed by atoms with E-state index in [-0.39, 0.29) is 30.5 Å². The summed E-state index contributed by atoms with van der Waals surface area (Å²) in [5.74, 6) is -1.69. The number of ether oxygens (including phenoxy) is 3. The highest BCUT2D eigenvalue weighted by molar-refractivity contribution is 5.74. The number of esters is 3. The van der Waals surface area contributed by atoms with Gasteiger partial charge in [0.05, 0.1) is 12.2 Å². The summed E-state index contributed by atoms with van der Waals surface area (Å²) >= 11 is 0. The average Bonchev–Trinajstić information content (AvgIpc) is 2.55. The summed E-state index contributed by atoms with van der Waals surface area (Å²) in [6.07, 6.45) is -0.863. The Hall–Kier alpha value is -2.97. The van der Waals surface area contributed by atoms with Gasteiger partial charge >= 0.3 is 17.9 Å². The fourth-order valence-electron chi connectivity index (χ4n) is 2.64. The molecule has 1 atom stereocenters. The van der Waals surface area contributed by atoms with E-state index < -0.39 is 29.6 Å². The van der Waals surface area contributed by atoms with Crippen LogP contribution in [-0.2, 0) is 35.3 Å². The third kappa shape index (κ3) is 7.89. The largest absolute Gasteiger partial charge is 0.459 e. The van der Waals surface area contributed by atoms with Crippen LogP contribution in [0.1, 0.15) is 66.0 Å². The molecule has 1 aromatic heterocycles. The van der Waals surface area contributed by atoms with Gasteiger partial charge in [-0.15, -0.1) is 0 Å². The summed E-state index contributed by atoms with van der Waals surface area (Å²) in [6.45, 7) is 10.6. The lowest BCUT2D eigenvalue weighted by Crippen LogP contribution is -2.47. The van der Waals surface area contributed by atoms with E-state index in [9.17, 15) is 19.2 Å². The summed E-state index contributed by atoms with van der Waals surface area (Å²) in [5.41, 5.74) is 0.00611. The van der Waals surface area contributed by atoms with Gasteiger partial charge in [-0.25, -0.2) is 4.98 Å². The van der Waals surface area contributed by atoms with Crippen LogP contribution < -0.4 is 4.74 Å². The lowest BCUT2D eigenvalue weighted by molar-refractivity contribution is -0.152. The molecular formula is C20H28N2O7. The number of carbonyl (C=O) groups is 4. The molecule has 160 valence electrons. The van der Waals surface area contributed by atoms with Crippen molar-refractivity contribution in [1.29, 1.82) is 0 Å². The highest BCUT2D eigenvalue weighted by atomic mass is 16.6. The Balaban J connectivity index is 3.34. The van der Waals surface area contributed by atoms with Crippen LogP contribution in [0.3, 0.4) is 0 Å². The van der Waals surface area contributed by atoms with Crippen LogP contribution in [0.2, 0.25) is 0 Å². The third-order valence-electron chi connectivity index (χ3n) is 3.80. The van der Waals surface area contributed by atoms with E-state index in [4.69, 9.17) is 14.2 Å². The number of pyridine rings is 1. The minimum absolute atomic E-state index is 0.0747. The van der Waals surface area contributed by atoms with Crippen molar-refractivity contribution in [2.24, 2.45) is 0 Å². The van der Waals surface area contributed by atoms with Crippen LogP contribution in [0, 0.1) is 0 Å². The Labute approximate surface area is 170 Å². The van der Waals surface area contributed by atoms with Crippen molar-refractivity contribution in [2.75, 3.05) is 6.54 Å². The molecule has 0 spiro atoms. The fraction of sp³-hybridized carbons (Fsp3) is 0.550. The standard InChI is InChI=1S/C20H28N2O7/c1-12(23)22(20(5,6)7)10-19(29-15(4)26)16-8-9-18(28-14(3)25)17(21-16)11-27-13(2)24/h8-9,19H,10-11H2,1-7H3. The summed E-state index contributed by atoms with van der Waals surface area (Å²) < 4.78 is 15.5. The third-order valence-corrected chi connectivity index (χ3v) is 3.80. The van der Waals surface area contributed by atoms with E-state index in [1.54, 1.807) is 4.90 Å². The molecule has 0 radical (unpaired) electrons. The summed E-state index contributed by atoms with van der Waals surface area (Å²) in [7, 11) is 0. The molecule has 29 heavy (non-hydrogen) atoms. The topological polar surface area (TPSA) is 112 Å². The highest BCUT2D eigenvalue weighted by Crippen LogP contribution is 2.26. The average molecular weight is 408 g/mol. The number of rotatable bonds is 7. The first kappa shape index (κ1) is 24.1. The van der Waals surface area contributed by atoms with Crippen molar-refractivity contribution in [1.82, 2.24) is 9.88 Å². The smallest absolute Gasteiger partial charge is 0.308 e. The Morgan fingerprint density at radius 2 is 1.62 bits per heavy atom. The van der Waals surface area contributed by atoms with Gasteiger partial charge in [0.25, 0.3) is 0 Å². The van der Waals surface area contributed by atoms with Crippen molar-refractivity contribution in [3.8, 4) is 5.75 Å². The molecule has 1 heterocycles. The van der Waals surface area contributed by atoms with Crippen molar-refractivity contribution in [3.05, 3.63) is 23.5 Å². The predicted molar refractivity (Wildman–Crippen MR) is 103 cm³/mol. The number of nitrogens with zero attached hydrogens (tertiary/aromatic N) is 2. The summed E-state index contributed by atoms with van der Waals surface area (Å²) in [4.78, 5) is 52.2.